The molecule has 0 spiro atoms. The second-order valence-electron chi connectivity index (χ2n) is 6.08. The normalized spacial score (nSPS) is 25.3. The SMILES string of the molecule is CC(=O)NC1CCC(N[C@H](C)C[C@@H](O)c2ccco2)CC1. The summed E-state index contributed by atoms with van der Waals surface area (Å²) in [5.74, 6) is 0.680. The van der Waals surface area contributed by atoms with Crippen molar-refractivity contribution in [3.63, 3.8) is 0 Å². The topological polar surface area (TPSA) is 74.5 Å². The fraction of sp³-hybridized carbons (Fsp3) is 0.688. The predicted octanol–water partition coefficient (Wildman–Crippen LogP) is 2.13. The molecule has 1 amide bonds. The van der Waals surface area contributed by atoms with E-state index in [0.29, 0.717) is 24.3 Å². The third kappa shape index (κ3) is 5.17. The van der Waals surface area contributed by atoms with Crippen molar-refractivity contribution in [2.75, 3.05) is 0 Å². The Labute approximate surface area is 126 Å². The number of nitrogens with one attached hydrogen (secondary N) is 2. The first-order valence-electron chi connectivity index (χ1n) is 7.79. The molecule has 1 aromatic rings. The lowest BCUT2D eigenvalue weighted by Crippen LogP contribution is -2.44. The molecule has 5 nitrogen and oxygen atoms in total. The summed E-state index contributed by atoms with van der Waals surface area (Å²) in [6.07, 6.45) is 5.82. The van der Waals surface area contributed by atoms with Crippen LogP contribution in [0.15, 0.2) is 22.8 Å². The van der Waals surface area contributed by atoms with Crippen LogP contribution in [-0.4, -0.2) is 29.1 Å². The third-order valence-electron chi connectivity index (χ3n) is 4.10. The summed E-state index contributed by atoms with van der Waals surface area (Å²) >= 11 is 0. The molecule has 1 aliphatic carbocycles. The van der Waals surface area contributed by atoms with Gasteiger partial charge >= 0.3 is 0 Å². The highest BCUT2D eigenvalue weighted by Crippen LogP contribution is 2.22. The monoisotopic (exact) mass is 294 g/mol. The summed E-state index contributed by atoms with van der Waals surface area (Å²) in [5, 5.41) is 16.6. The summed E-state index contributed by atoms with van der Waals surface area (Å²) in [6, 6.07) is 4.61. The van der Waals surface area contributed by atoms with Gasteiger partial charge in [0, 0.05) is 25.0 Å². The molecule has 1 fully saturated rings. The zero-order valence-electron chi connectivity index (χ0n) is 12.8. The van der Waals surface area contributed by atoms with Crippen LogP contribution in [0.5, 0.6) is 0 Å². The Morgan fingerprint density at radius 3 is 2.62 bits per heavy atom. The molecular weight excluding hydrogens is 268 g/mol. The Hall–Kier alpha value is -1.33. The van der Waals surface area contributed by atoms with Crippen molar-refractivity contribution in [2.45, 2.75) is 70.2 Å². The molecule has 0 aliphatic heterocycles. The minimum atomic E-state index is -0.557. The zero-order valence-corrected chi connectivity index (χ0v) is 12.8. The Morgan fingerprint density at radius 2 is 2.05 bits per heavy atom. The summed E-state index contributed by atoms with van der Waals surface area (Å²) in [4.78, 5) is 11.0. The second kappa shape index (κ2) is 7.61. The first-order valence-corrected chi connectivity index (χ1v) is 7.79. The maximum atomic E-state index is 11.0. The molecule has 21 heavy (non-hydrogen) atoms. The highest BCUT2D eigenvalue weighted by Gasteiger charge is 2.23. The highest BCUT2D eigenvalue weighted by molar-refractivity contribution is 5.73. The fourth-order valence-electron chi connectivity index (χ4n) is 3.09. The van der Waals surface area contributed by atoms with Gasteiger partial charge in [0.25, 0.3) is 0 Å². The minimum absolute atomic E-state index is 0.0568. The Bertz CT molecular complexity index is 425. The zero-order chi connectivity index (χ0) is 15.2. The van der Waals surface area contributed by atoms with Crippen molar-refractivity contribution in [3.8, 4) is 0 Å². The molecule has 0 radical (unpaired) electrons. The minimum Gasteiger partial charge on any atom is -0.467 e. The number of carbonyl (C=O) groups is 1. The van der Waals surface area contributed by atoms with Gasteiger partial charge in [0.05, 0.1) is 6.26 Å². The molecule has 3 N–H and O–H groups in total. The van der Waals surface area contributed by atoms with Crippen molar-refractivity contribution >= 4 is 5.91 Å². The van der Waals surface area contributed by atoms with E-state index < -0.39 is 6.10 Å². The molecular formula is C16H26N2O3. The van der Waals surface area contributed by atoms with Gasteiger partial charge in [-0.05, 0) is 51.2 Å². The smallest absolute Gasteiger partial charge is 0.217 e. The van der Waals surface area contributed by atoms with E-state index in [1.165, 1.54) is 0 Å². The van der Waals surface area contributed by atoms with Gasteiger partial charge in [-0.15, -0.1) is 0 Å². The van der Waals surface area contributed by atoms with E-state index in [1.54, 1.807) is 25.3 Å². The van der Waals surface area contributed by atoms with Crippen LogP contribution >= 0.6 is 0 Å². The van der Waals surface area contributed by atoms with E-state index in [2.05, 4.69) is 17.6 Å². The van der Waals surface area contributed by atoms with Gasteiger partial charge in [0.2, 0.25) is 5.91 Å². The predicted molar refractivity (Wildman–Crippen MR) is 80.7 cm³/mol. The van der Waals surface area contributed by atoms with E-state index in [-0.39, 0.29) is 11.9 Å². The van der Waals surface area contributed by atoms with Gasteiger partial charge in [0.15, 0.2) is 0 Å². The van der Waals surface area contributed by atoms with Crippen molar-refractivity contribution in [1.82, 2.24) is 10.6 Å². The van der Waals surface area contributed by atoms with Crippen molar-refractivity contribution in [3.05, 3.63) is 24.2 Å². The lowest BCUT2D eigenvalue weighted by atomic mass is 9.90. The largest absolute Gasteiger partial charge is 0.467 e. The number of hydrogen-bond acceptors (Lipinski definition) is 4. The van der Waals surface area contributed by atoms with Gasteiger partial charge < -0.3 is 20.2 Å². The van der Waals surface area contributed by atoms with Crippen molar-refractivity contribution < 1.29 is 14.3 Å². The van der Waals surface area contributed by atoms with E-state index >= 15 is 0 Å². The number of aliphatic hydroxyl groups excluding tert-OH is 1. The highest BCUT2D eigenvalue weighted by atomic mass is 16.4. The molecule has 1 aliphatic rings. The van der Waals surface area contributed by atoms with Gasteiger partial charge in [-0.2, -0.15) is 0 Å². The first-order chi connectivity index (χ1) is 10.0. The lowest BCUT2D eigenvalue weighted by Gasteiger charge is -2.31. The molecule has 0 aromatic carbocycles. The molecule has 0 unspecified atom stereocenters. The summed E-state index contributed by atoms with van der Waals surface area (Å²) in [6.45, 7) is 3.66. The molecule has 0 bridgehead atoms. The van der Waals surface area contributed by atoms with E-state index in [1.807, 2.05) is 0 Å². The van der Waals surface area contributed by atoms with Crippen LogP contribution in [0.25, 0.3) is 0 Å². The molecule has 1 aromatic heterocycles. The molecule has 5 heteroatoms. The van der Waals surface area contributed by atoms with Crippen LogP contribution in [0.3, 0.4) is 0 Å². The maximum Gasteiger partial charge on any atom is 0.217 e. The number of rotatable bonds is 6. The first kappa shape index (κ1) is 16.0. The van der Waals surface area contributed by atoms with E-state index in [9.17, 15) is 9.90 Å². The van der Waals surface area contributed by atoms with E-state index in [4.69, 9.17) is 4.42 Å². The maximum absolute atomic E-state index is 11.0. The standard InChI is InChI=1S/C16H26N2O3/c1-11(10-15(20)16-4-3-9-21-16)17-13-5-7-14(8-6-13)18-12(2)19/h3-4,9,11,13-15,17,20H,5-8,10H2,1-2H3,(H,18,19)/t11-,13?,14?,15-/m1/s1. The van der Waals surface area contributed by atoms with Gasteiger partial charge in [-0.25, -0.2) is 0 Å². The average molecular weight is 294 g/mol. The number of amides is 1. The van der Waals surface area contributed by atoms with Crippen LogP contribution in [0.2, 0.25) is 0 Å². The summed E-state index contributed by atoms with van der Waals surface area (Å²) in [5.41, 5.74) is 0. The third-order valence-corrected chi connectivity index (χ3v) is 4.10. The van der Waals surface area contributed by atoms with Crippen LogP contribution in [0.4, 0.5) is 0 Å². The molecule has 118 valence electrons. The second-order valence-corrected chi connectivity index (χ2v) is 6.08. The fourth-order valence-corrected chi connectivity index (χ4v) is 3.09. The molecule has 2 rings (SSSR count). The van der Waals surface area contributed by atoms with Gasteiger partial charge in [-0.3, -0.25) is 4.79 Å². The number of carbonyl (C=O) groups excluding carboxylic acids is 1. The van der Waals surface area contributed by atoms with Crippen LogP contribution in [0, 0.1) is 0 Å². The van der Waals surface area contributed by atoms with Crippen molar-refractivity contribution in [2.24, 2.45) is 0 Å². The van der Waals surface area contributed by atoms with Gasteiger partial charge in [0.1, 0.15) is 11.9 Å². The average Bonchev–Trinajstić information content (AvgIpc) is 2.94. The molecule has 1 saturated carbocycles. The Kier molecular flexibility index (Phi) is 5.82. The van der Waals surface area contributed by atoms with Crippen LogP contribution in [-0.2, 0) is 4.79 Å². The Morgan fingerprint density at radius 1 is 1.38 bits per heavy atom. The summed E-state index contributed by atoms with van der Waals surface area (Å²) in [7, 11) is 0. The van der Waals surface area contributed by atoms with Crippen LogP contribution in [0.1, 0.15) is 57.8 Å². The van der Waals surface area contributed by atoms with Crippen molar-refractivity contribution in [1.29, 1.82) is 0 Å². The lowest BCUT2D eigenvalue weighted by molar-refractivity contribution is -0.119. The molecule has 0 saturated heterocycles. The molecule has 2 atom stereocenters. The Balaban J connectivity index is 1.69. The van der Waals surface area contributed by atoms with E-state index in [0.717, 1.165) is 25.7 Å². The number of aliphatic hydroxyl groups is 1. The number of hydrogen-bond donors (Lipinski definition) is 3. The summed E-state index contributed by atoms with van der Waals surface area (Å²) < 4.78 is 5.22. The molecule has 1 heterocycles. The van der Waals surface area contributed by atoms with Crippen LogP contribution < -0.4 is 10.6 Å². The van der Waals surface area contributed by atoms with Gasteiger partial charge in [-0.1, -0.05) is 0 Å². The number of furan rings is 1. The quantitative estimate of drug-likeness (QED) is 0.751.